The molecule has 1 aromatic heterocycles. The Hall–Kier alpha value is -1.62. The van der Waals surface area contributed by atoms with Gasteiger partial charge in [0.1, 0.15) is 11.4 Å². The van der Waals surface area contributed by atoms with Crippen molar-refractivity contribution in [1.29, 1.82) is 0 Å². The summed E-state index contributed by atoms with van der Waals surface area (Å²) >= 11 is 0. The quantitative estimate of drug-likeness (QED) is 0.769. The van der Waals surface area contributed by atoms with Gasteiger partial charge in [-0.3, -0.25) is 4.79 Å². The van der Waals surface area contributed by atoms with Gasteiger partial charge in [0.2, 0.25) is 5.91 Å². The number of aromatic nitrogens is 1. The maximum atomic E-state index is 11.8. The number of piperazine rings is 1. The van der Waals surface area contributed by atoms with Crippen molar-refractivity contribution in [2.75, 3.05) is 18.0 Å². The normalized spacial score (nSPS) is 19.0. The average Bonchev–Trinajstić information content (AvgIpc) is 2.32. The predicted molar refractivity (Wildman–Crippen MR) is 66.6 cm³/mol. The highest BCUT2D eigenvalue weighted by Crippen LogP contribution is 2.24. The van der Waals surface area contributed by atoms with Crippen molar-refractivity contribution in [3.05, 3.63) is 23.9 Å². The van der Waals surface area contributed by atoms with E-state index in [-0.39, 0.29) is 5.91 Å². The predicted octanol–water partition coefficient (Wildman–Crippen LogP) is 0.255. The van der Waals surface area contributed by atoms with Crippen molar-refractivity contribution in [3.63, 3.8) is 0 Å². The van der Waals surface area contributed by atoms with Crippen LogP contribution in [0.3, 0.4) is 0 Å². The molecule has 2 rings (SSSR count). The minimum absolute atomic E-state index is 0.0312. The van der Waals surface area contributed by atoms with Gasteiger partial charge in [0, 0.05) is 25.8 Å². The lowest BCUT2D eigenvalue weighted by molar-refractivity contribution is -0.126. The molecule has 0 spiro atoms. The van der Waals surface area contributed by atoms with Gasteiger partial charge in [-0.15, -0.1) is 0 Å². The summed E-state index contributed by atoms with van der Waals surface area (Å²) < 4.78 is 0. The number of carbonyl (C=O) groups is 1. The van der Waals surface area contributed by atoms with E-state index in [1.165, 1.54) is 0 Å². The van der Waals surface area contributed by atoms with Crippen LogP contribution >= 0.6 is 0 Å². The highest BCUT2D eigenvalue weighted by Gasteiger charge is 2.38. The molecule has 0 bridgehead atoms. The molecule has 5 heteroatoms. The van der Waals surface area contributed by atoms with Gasteiger partial charge in [-0.25, -0.2) is 4.98 Å². The van der Waals surface area contributed by atoms with Gasteiger partial charge in [-0.1, -0.05) is 0 Å². The van der Waals surface area contributed by atoms with Crippen molar-refractivity contribution in [2.24, 2.45) is 5.73 Å². The van der Waals surface area contributed by atoms with E-state index in [0.717, 1.165) is 17.9 Å². The first-order valence-corrected chi connectivity index (χ1v) is 5.76. The second kappa shape index (κ2) is 4.33. The van der Waals surface area contributed by atoms with Crippen LogP contribution in [0.15, 0.2) is 18.3 Å². The highest BCUT2D eigenvalue weighted by atomic mass is 16.2. The number of carbonyl (C=O) groups excluding carboxylic acids is 1. The maximum absolute atomic E-state index is 11.8. The molecule has 17 heavy (non-hydrogen) atoms. The largest absolute Gasteiger partial charge is 0.352 e. The maximum Gasteiger partial charge on any atom is 0.245 e. The molecule has 1 aromatic rings. The Bertz CT molecular complexity index is 430. The molecule has 92 valence electrons. The van der Waals surface area contributed by atoms with Crippen molar-refractivity contribution >= 4 is 11.7 Å². The van der Waals surface area contributed by atoms with Crippen molar-refractivity contribution in [2.45, 2.75) is 25.9 Å². The van der Waals surface area contributed by atoms with Crippen LogP contribution in [0.4, 0.5) is 5.82 Å². The number of rotatable bonds is 2. The minimum Gasteiger partial charge on any atom is -0.352 e. The Morgan fingerprint density at radius 3 is 3.06 bits per heavy atom. The lowest BCUT2D eigenvalue weighted by Gasteiger charge is -2.42. The van der Waals surface area contributed by atoms with Crippen LogP contribution in [-0.4, -0.2) is 29.5 Å². The Kier molecular flexibility index (Phi) is 3.02. The summed E-state index contributed by atoms with van der Waals surface area (Å²) in [6.07, 6.45) is 1.74. The van der Waals surface area contributed by atoms with Crippen LogP contribution in [0.2, 0.25) is 0 Å². The fourth-order valence-electron chi connectivity index (χ4n) is 2.04. The zero-order chi connectivity index (χ0) is 12.5. The van der Waals surface area contributed by atoms with Crippen LogP contribution in [0.1, 0.15) is 19.4 Å². The zero-order valence-corrected chi connectivity index (χ0v) is 10.2. The van der Waals surface area contributed by atoms with Gasteiger partial charge in [-0.2, -0.15) is 0 Å². The molecule has 1 fully saturated rings. The Morgan fingerprint density at radius 2 is 2.35 bits per heavy atom. The fraction of sp³-hybridized carbons (Fsp3) is 0.500. The van der Waals surface area contributed by atoms with Crippen LogP contribution in [0.25, 0.3) is 0 Å². The van der Waals surface area contributed by atoms with E-state index in [1.807, 2.05) is 30.9 Å². The molecular weight excluding hydrogens is 216 g/mol. The van der Waals surface area contributed by atoms with Crippen molar-refractivity contribution < 1.29 is 4.79 Å². The standard InChI is InChI=1S/C12H18N4O/c1-12(2)11(17)15-5-6-16(12)10-7-9(8-13)3-4-14-10/h3-4,7H,5-6,8,13H2,1-2H3,(H,15,17). The van der Waals surface area contributed by atoms with E-state index in [2.05, 4.69) is 10.3 Å². The molecule has 2 heterocycles. The van der Waals surface area contributed by atoms with Crippen molar-refractivity contribution in [3.8, 4) is 0 Å². The summed E-state index contributed by atoms with van der Waals surface area (Å²) in [5, 5.41) is 2.87. The molecule has 1 amide bonds. The number of amides is 1. The molecule has 1 saturated heterocycles. The van der Waals surface area contributed by atoms with Crippen LogP contribution in [0, 0.1) is 0 Å². The molecular formula is C12H18N4O. The minimum atomic E-state index is -0.571. The zero-order valence-electron chi connectivity index (χ0n) is 10.2. The van der Waals surface area contributed by atoms with Gasteiger partial charge in [0.15, 0.2) is 0 Å². The van der Waals surface area contributed by atoms with Gasteiger partial charge in [0.25, 0.3) is 0 Å². The molecule has 5 nitrogen and oxygen atoms in total. The summed E-state index contributed by atoms with van der Waals surface area (Å²) in [7, 11) is 0. The monoisotopic (exact) mass is 234 g/mol. The second-order valence-corrected chi connectivity index (χ2v) is 4.69. The first kappa shape index (κ1) is 11.9. The first-order valence-electron chi connectivity index (χ1n) is 5.76. The van der Waals surface area contributed by atoms with E-state index >= 15 is 0 Å². The number of anilines is 1. The van der Waals surface area contributed by atoms with Crippen LogP contribution in [-0.2, 0) is 11.3 Å². The highest BCUT2D eigenvalue weighted by molar-refractivity contribution is 5.90. The van der Waals surface area contributed by atoms with E-state index in [1.54, 1.807) is 6.20 Å². The van der Waals surface area contributed by atoms with Gasteiger partial charge < -0.3 is 16.0 Å². The average molecular weight is 234 g/mol. The number of nitrogens with two attached hydrogens (primary N) is 1. The van der Waals surface area contributed by atoms with E-state index in [0.29, 0.717) is 13.1 Å². The molecule has 1 aliphatic heterocycles. The summed E-state index contributed by atoms with van der Waals surface area (Å²) in [6, 6.07) is 3.83. The fourth-order valence-corrected chi connectivity index (χ4v) is 2.04. The van der Waals surface area contributed by atoms with Gasteiger partial charge >= 0.3 is 0 Å². The second-order valence-electron chi connectivity index (χ2n) is 4.69. The summed E-state index contributed by atoms with van der Waals surface area (Å²) in [5.41, 5.74) is 6.07. The first-order chi connectivity index (χ1) is 8.05. The number of hydrogen-bond donors (Lipinski definition) is 2. The Labute approximate surface area is 101 Å². The van der Waals surface area contributed by atoms with Crippen molar-refractivity contribution in [1.82, 2.24) is 10.3 Å². The van der Waals surface area contributed by atoms with Crippen LogP contribution in [0.5, 0.6) is 0 Å². The van der Waals surface area contributed by atoms with E-state index in [9.17, 15) is 4.79 Å². The summed E-state index contributed by atoms with van der Waals surface area (Å²) in [6.45, 7) is 5.70. The van der Waals surface area contributed by atoms with E-state index < -0.39 is 5.54 Å². The Balaban J connectivity index is 2.34. The molecule has 0 radical (unpaired) electrons. The third-order valence-corrected chi connectivity index (χ3v) is 3.17. The SMILES string of the molecule is CC1(C)C(=O)NCCN1c1cc(CN)ccn1. The number of pyridine rings is 1. The van der Waals surface area contributed by atoms with Gasteiger partial charge in [-0.05, 0) is 31.5 Å². The molecule has 0 aromatic carbocycles. The Morgan fingerprint density at radius 1 is 1.59 bits per heavy atom. The van der Waals surface area contributed by atoms with E-state index in [4.69, 9.17) is 5.73 Å². The van der Waals surface area contributed by atoms with Gasteiger partial charge in [0.05, 0.1) is 0 Å². The molecule has 0 aliphatic carbocycles. The molecule has 1 aliphatic rings. The lowest BCUT2D eigenvalue weighted by atomic mass is 9.99. The molecule has 0 saturated carbocycles. The molecule has 3 N–H and O–H groups in total. The van der Waals surface area contributed by atoms with Crippen LogP contribution < -0.4 is 16.0 Å². The molecule has 0 atom stereocenters. The number of hydrogen-bond acceptors (Lipinski definition) is 4. The smallest absolute Gasteiger partial charge is 0.245 e. The third kappa shape index (κ3) is 2.10. The molecule has 0 unspecified atom stereocenters. The lowest BCUT2D eigenvalue weighted by Crippen LogP contribution is -2.62. The number of nitrogens with one attached hydrogen (secondary N) is 1. The summed E-state index contributed by atoms with van der Waals surface area (Å²) in [4.78, 5) is 18.2. The topological polar surface area (TPSA) is 71.2 Å². The third-order valence-electron chi connectivity index (χ3n) is 3.17. The number of nitrogens with zero attached hydrogens (tertiary/aromatic N) is 2. The summed E-state index contributed by atoms with van der Waals surface area (Å²) in [5.74, 6) is 0.844.